The predicted octanol–water partition coefficient (Wildman–Crippen LogP) is 2.17. The van der Waals surface area contributed by atoms with Gasteiger partial charge in [0.25, 0.3) is 5.91 Å². The molecule has 1 fully saturated rings. The zero-order chi connectivity index (χ0) is 15.2. The predicted molar refractivity (Wildman–Crippen MR) is 80.1 cm³/mol. The molecule has 1 aromatic rings. The smallest absolute Gasteiger partial charge is 0.264 e. The van der Waals surface area contributed by atoms with Crippen molar-refractivity contribution in [3.05, 3.63) is 35.4 Å². The van der Waals surface area contributed by atoms with Gasteiger partial charge in [0.05, 0.1) is 0 Å². The summed E-state index contributed by atoms with van der Waals surface area (Å²) in [6.07, 6.45) is 3.57. The lowest BCUT2D eigenvalue weighted by atomic mass is 10.1. The number of amides is 2. The van der Waals surface area contributed by atoms with Crippen LogP contribution in [-0.4, -0.2) is 29.8 Å². The second kappa shape index (κ2) is 6.71. The first-order chi connectivity index (χ1) is 10.1. The summed E-state index contributed by atoms with van der Waals surface area (Å²) >= 11 is 0. The molecule has 2 rings (SSSR count). The molecule has 0 spiro atoms. The van der Waals surface area contributed by atoms with Crippen LogP contribution < -0.4 is 5.32 Å². The van der Waals surface area contributed by atoms with Gasteiger partial charge in [0.15, 0.2) is 0 Å². The Hall–Kier alpha value is -2.61. The van der Waals surface area contributed by atoms with E-state index in [4.69, 9.17) is 5.26 Å². The van der Waals surface area contributed by atoms with Crippen molar-refractivity contribution < 1.29 is 9.59 Å². The molecule has 1 saturated heterocycles. The maximum Gasteiger partial charge on any atom is 0.264 e. The van der Waals surface area contributed by atoms with Gasteiger partial charge in [0, 0.05) is 25.7 Å². The summed E-state index contributed by atoms with van der Waals surface area (Å²) in [5.74, 6) is -0.346. The number of likely N-dealkylation sites (tertiary alicyclic amines) is 1. The molecule has 2 amide bonds. The number of nitrogens with one attached hydrogen (secondary N) is 1. The molecule has 0 aromatic heterocycles. The van der Waals surface area contributed by atoms with Crippen LogP contribution in [0.3, 0.4) is 0 Å². The first-order valence-corrected chi connectivity index (χ1v) is 6.89. The van der Waals surface area contributed by atoms with Crippen LogP contribution in [0.4, 0.5) is 5.69 Å². The van der Waals surface area contributed by atoms with Gasteiger partial charge in [-0.15, -0.1) is 0 Å². The molecular formula is C16H17N3O2. The van der Waals surface area contributed by atoms with Gasteiger partial charge < -0.3 is 10.2 Å². The fraction of sp³-hybridized carbons (Fsp3) is 0.312. The topological polar surface area (TPSA) is 73.2 Å². The van der Waals surface area contributed by atoms with E-state index in [1.165, 1.54) is 6.92 Å². The zero-order valence-electron chi connectivity index (χ0n) is 11.9. The monoisotopic (exact) mass is 283 g/mol. The number of hydrogen-bond donors (Lipinski definition) is 1. The van der Waals surface area contributed by atoms with Crippen LogP contribution in [-0.2, 0) is 9.59 Å². The Kier molecular flexibility index (Phi) is 4.72. The van der Waals surface area contributed by atoms with E-state index in [2.05, 4.69) is 5.32 Å². The van der Waals surface area contributed by atoms with Crippen LogP contribution in [0.2, 0.25) is 0 Å². The summed E-state index contributed by atoms with van der Waals surface area (Å²) in [5.41, 5.74) is 1.58. The van der Waals surface area contributed by atoms with Crippen molar-refractivity contribution in [2.24, 2.45) is 0 Å². The highest BCUT2D eigenvalue weighted by atomic mass is 16.2. The second-order valence-corrected chi connectivity index (χ2v) is 4.97. The Morgan fingerprint density at radius 1 is 1.24 bits per heavy atom. The van der Waals surface area contributed by atoms with Gasteiger partial charge >= 0.3 is 0 Å². The van der Waals surface area contributed by atoms with Crippen molar-refractivity contribution in [2.45, 2.75) is 19.8 Å². The fourth-order valence-corrected chi connectivity index (χ4v) is 2.27. The van der Waals surface area contributed by atoms with E-state index in [-0.39, 0.29) is 17.4 Å². The molecule has 108 valence electrons. The summed E-state index contributed by atoms with van der Waals surface area (Å²) in [6.45, 7) is 2.88. The first-order valence-electron chi connectivity index (χ1n) is 6.89. The van der Waals surface area contributed by atoms with Crippen LogP contribution in [0.15, 0.2) is 29.8 Å². The maximum atomic E-state index is 12.2. The molecule has 1 N–H and O–H groups in total. The van der Waals surface area contributed by atoms with Crippen molar-refractivity contribution in [2.75, 3.05) is 18.4 Å². The highest BCUT2D eigenvalue weighted by Crippen LogP contribution is 2.16. The van der Waals surface area contributed by atoms with Crippen molar-refractivity contribution in [3.63, 3.8) is 0 Å². The number of carbonyl (C=O) groups excluding carboxylic acids is 2. The van der Waals surface area contributed by atoms with E-state index in [9.17, 15) is 9.59 Å². The van der Waals surface area contributed by atoms with Crippen molar-refractivity contribution in [1.29, 1.82) is 5.26 Å². The average Bonchev–Trinajstić information content (AvgIpc) is 2.99. The number of nitriles is 1. The van der Waals surface area contributed by atoms with E-state index in [1.807, 2.05) is 6.07 Å². The van der Waals surface area contributed by atoms with Gasteiger partial charge in [-0.3, -0.25) is 9.59 Å². The number of anilines is 1. The summed E-state index contributed by atoms with van der Waals surface area (Å²) in [6, 6.07) is 8.98. The van der Waals surface area contributed by atoms with Gasteiger partial charge in [0.1, 0.15) is 11.6 Å². The van der Waals surface area contributed by atoms with Crippen LogP contribution >= 0.6 is 0 Å². The summed E-state index contributed by atoms with van der Waals surface area (Å²) in [5, 5.41) is 11.8. The minimum atomic E-state index is -0.207. The third-order valence-corrected chi connectivity index (χ3v) is 3.29. The van der Waals surface area contributed by atoms with Crippen LogP contribution in [0, 0.1) is 11.3 Å². The van der Waals surface area contributed by atoms with E-state index in [1.54, 1.807) is 35.2 Å². The normalized spacial score (nSPS) is 14.7. The number of benzene rings is 1. The lowest BCUT2D eigenvalue weighted by Crippen LogP contribution is -2.28. The Balaban J connectivity index is 2.14. The van der Waals surface area contributed by atoms with Crippen molar-refractivity contribution in [1.82, 2.24) is 4.90 Å². The van der Waals surface area contributed by atoms with E-state index < -0.39 is 0 Å². The minimum absolute atomic E-state index is 0.139. The van der Waals surface area contributed by atoms with E-state index >= 15 is 0 Å². The molecule has 1 aromatic carbocycles. The van der Waals surface area contributed by atoms with E-state index in [0.29, 0.717) is 5.69 Å². The molecule has 1 heterocycles. The molecule has 0 saturated carbocycles. The molecule has 0 unspecified atom stereocenters. The largest absolute Gasteiger partial charge is 0.338 e. The number of nitrogens with zero attached hydrogens (tertiary/aromatic N) is 2. The lowest BCUT2D eigenvalue weighted by Gasteiger charge is -2.14. The molecule has 0 bridgehead atoms. The second-order valence-electron chi connectivity index (χ2n) is 4.97. The zero-order valence-corrected chi connectivity index (χ0v) is 11.9. The third-order valence-electron chi connectivity index (χ3n) is 3.29. The van der Waals surface area contributed by atoms with Crippen LogP contribution in [0.5, 0.6) is 0 Å². The lowest BCUT2D eigenvalue weighted by molar-refractivity contribution is -0.125. The standard InChI is InChI=1S/C16H17N3O2/c1-12(20)18-15-6-4-13(5-7-15)10-14(11-17)16(21)19-8-2-3-9-19/h4-7,10H,2-3,8-9H2,1H3,(H,18,20)/b14-10-. The number of hydrogen-bond acceptors (Lipinski definition) is 3. The minimum Gasteiger partial charge on any atom is -0.338 e. The molecule has 0 aliphatic carbocycles. The average molecular weight is 283 g/mol. The van der Waals surface area contributed by atoms with Crippen molar-refractivity contribution in [3.8, 4) is 6.07 Å². The first kappa shape index (κ1) is 14.8. The molecule has 0 atom stereocenters. The van der Waals surface area contributed by atoms with Gasteiger partial charge in [-0.05, 0) is 36.6 Å². The van der Waals surface area contributed by atoms with Crippen LogP contribution in [0.25, 0.3) is 6.08 Å². The molecule has 1 aliphatic heterocycles. The molecular weight excluding hydrogens is 266 g/mol. The fourth-order valence-electron chi connectivity index (χ4n) is 2.27. The van der Waals surface area contributed by atoms with Crippen molar-refractivity contribution >= 4 is 23.6 Å². The van der Waals surface area contributed by atoms with Gasteiger partial charge in [-0.25, -0.2) is 0 Å². The Morgan fingerprint density at radius 2 is 1.86 bits per heavy atom. The SMILES string of the molecule is CC(=O)Nc1ccc(/C=C(/C#N)C(=O)N2CCCC2)cc1. The Bertz CT molecular complexity index is 605. The summed E-state index contributed by atoms with van der Waals surface area (Å²) < 4.78 is 0. The molecule has 0 radical (unpaired) electrons. The number of carbonyl (C=O) groups is 2. The van der Waals surface area contributed by atoms with Gasteiger partial charge in [-0.1, -0.05) is 12.1 Å². The third kappa shape index (κ3) is 3.93. The number of rotatable bonds is 3. The van der Waals surface area contributed by atoms with Gasteiger partial charge in [-0.2, -0.15) is 5.26 Å². The highest BCUT2D eigenvalue weighted by Gasteiger charge is 2.21. The van der Waals surface area contributed by atoms with Crippen LogP contribution in [0.1, 0.15) is 25.3 Å². The van der Waals surface area contributed by atoms with Gasteiger partial charge in [0.2, 0.25) is 5.91 Å². The molecule has 5 nitrogen and oxygen atoms in total. The van der Waals surface area contributed by atoms with E-state index in [0.717, 1.165) is 31.5 Å². The Labute approximate surface area is 123 Å². The quantitative estimate of drug-likeness (QED) is 0.682. The highest BCUT2D eigenvalue weighted by molar-refractivity contribution is 6.01. The molecule has 5 heteroatoms. The Morgan fingerprint density at radius 3 is 2.38 bits per heavy atom. The maximum absolute atomic E-state index is 12.2. The summed E-state index contributed by atoms with van der Waals surface area (Å²) in [7, 11) is 0. The molecule has 21 heavy (non-hydrogen) atoms. The summed E-state index contributed by atoms with van der Waals surface area (Å²) in [4.78, 5) is 24.8. The molecule has 1 aliphatic rings.